The van der Waals surface area contributed by atoms with Crippen LogP contribution in [0, 0.1) is 5.82 Å². The van der Waals surface area contributed by atoms with E-state index in [1.54, 1.807) is 6.07 Å². The summed E-state index contributed by atoms with van der Waals surface area (Å²) in [5.41, 5.74) is 3.02. The predicted octanol–water partition coefficient (Wildman–Crippen LogP) is 6.16. The van der Waals surface area contributed by atoms with Crippen LogP contribution in [-0.4, -0.2) is 32.3 Å². The third kappa shape index (κ3) is 5.59. The lowest BCUT2D eigenvalue weighted by Crippen LogP contribution is -2.37. The van der Waals surface area contributed by atoms with Crippen molar-refractivity contribution in [1.82, 2.24) is 5.32 Å². The average molecular weight is 500 g/mol. The van der Waals surface area contributed by atoms with Crippen molar-refractivity contribution in [2.45, 2.75) is 31.4 Å². The van der Waals surface area contributed by atoms with Crippen LogP contribution in [0.5, 0.6) is 11.5 Å². The second kappa shape index (κ2) is 11.0. The summed E-state index contributed by atoms with van der Waals surface area (Å²) in [5.74, 6) is 0.0725. The Kier molecular flexibility index (Phi) is 7.37. The van der Waals surface area contributed by atoms with Crippen LogP contribution in [0.1, 0.15) is 42.0 Å². The van der Waals surface area contributed by atoms with Crippen LogP contribution in [0.25, 0.3) is 10.8 Å². The van der Waals surface area contributed by atoms with Crippen molar-refractivity contribution in [3.05, 3.63) is 107 Å². The van der Waals surface area contributed by atoms with E-state index < -0.39 is 11.8 Å². The molecular weight excluding hydrogens is 469 g/mol. The van der Waals surface area contributed by atoms with E-state index in [1.165, 1.54) is 35.6 Å². The van der Waals surface area contributed by atoms with Gasteiger partial charge in [-0.25, -0.2) is 9.18 Å². The fourth-order valence-electron chi connectivity index (χ4n) is 5.05. The minimum Gasteiger partial charge on any atom is -0.489 e. The first-order chi connectivity index (χ1) is 18.0. The van der Waals surface area contributed by atoms with Gasteiger partial charge >= 0.3 is 5.97 Å². The number of nitrogens with one attached hydrogen (secondary N) is 1. The number of esters is 1. The summed E-state index contributed by atoms with van der Waals surface area (Å²) < 4.78 is 31.1. The largest absolute Gasteiger partial charge is 0.489 e. The van der Waals surface area contributed by atoms with Crippen LogP contribution in [0.3, 0.4) is 0 Å². The predicted molar refractivity (Wildman–Crippen MR) is 142 cm³/mol. The number of ether oxygens (including phenoxy) is 3. The molecule has 190 valence electrons. The van der Waals surface area contributed by atoms with Crippen LogP contribution in [0.15, 0.2) is 84.9 Å². The van der Waals surface area contributed by atoms with Gasteiger partial charge in [-0.3, -0.25) is 0 Å². The lowest BCUT2D eigenvalue weighted by atomic mass is 9.84. The van der Waals surface area contributed by atoms with Gasteiger partial charge in [0, 0.05) is 30.1 Å². The summed E-state index contributed by atoms with van der Waals surface area (Å²) in [7, 11) is 1.29. The Bertz CT molecular complexity index is 1400. The molecule has 1 aliphatic rings. The van der Waals surface area contributed by atoms with Crippen LogP contribution in [0.2, 0.25) is 0 Å². The number of carbonyl (C=O) groups excluding carboxylic acids is 1. The van der Waals surface area contributed by atoms with Crippen molar-refractivity contribution < 1.29 is 23.4 Å². The zero-order valence-corrected chi connectivity index (χ0v) is 20.9. The highest BCUT2D eigenvalue weighted by atomic mass is 19.1. The molecule has 0 spiro atoms. The van der Waals surface area contributed by atoms with Crippen LogP contribution in [0.4, 0.5) is 4.39 Å². The van der Waals surface area contributed by atoms with E-state index >= 15 is 0 Å². The number of carbonyl (C=O) groups is 1. The fraction of sp³-hybridized carbons (Fsp3) is 0.258. The number of para-hydroxylation sites is 1. The number of benzene rings is 4. The van der Waals surface area contributed by atoms with Gasteiger partial charge in [0.15, 0.2) is 6.61 Å². The molecule has 37 heavy (non-hydrogen) atoms. The Labute approximate surface area is 216 Å². The van der Waals surface area contributed by atoms with Gasteiger partial charge in [-0.15, -0.1) is 0 Å². The minimum atomic E-state index is -0.520. The van der Waals surface area contributed by atoms with E-state index in [-0.39, 0.29) is 24.7 Å². The standard InChI is InChI=1S/C31H30FNO4/c1-20(26-12-7-9-21-8-3-4-10-27(21)26)33-18-25-17-29(28-11-5-6-13-30(28)37-25)22-14-23(32)16-24(15-22)36-19-31(34)35-2/h3-16,20,25,29,33H,17-19H2,1-2H3/t20-,25-,29-/m1/s1. The zero-order valence-electron chi connectivity index (χ0n) is 20.9. The minimum absolute atomic E-state index is 0.0826. The molecule has 4 aromatic rings. The maximum Gasteiger partial charge on any atom is 0.343 e. The summed E-state index contributed by atoms with van der Waals surface area (Å²) in [5, 5.41) is 6.10. The molecule has 1 heterocycles. The highest BCUT2D eigenvalue weighted by molar-refractivity contribution is 5.86. The summed E-state index contributed by atoms with van der Waals surface area (Å²) in [4.78, 5) is 11.5. The number of fused-ring (bicyclic) bond motifs is 2. The second-order valence-corrected chi connectivity index (χ2v) is 9.35. The highest BCUT2D eigenvalue weighted by Gasteiger charge is 2.30. The third-order valence-corrected chi connectivity index (χ3v) is 6.91. The molecule has 0 radical (unpaired) electrons. The van der Waals surface area contributed by atoms with E-state index in [9.17, 15) is 9.18 Å². The van der Waals surface area contributed by atoms with Gasteiger partial charge in [0.1, 0.15) is 23.4 Å². The average Bonchev–Trinajstić information content (AvgIpc) is 2.93. The van der Waals surface area contributed by atoms with Crippen molar-refractivity contribution >= 4 is 16.7 Å². The van der Waals surface area contributed by atoms with Gasteiger partial charge in [-0.1, -0.05) is 60.7 Å². The molecule has 5 nitrogen and oxygen atoms in total. The molecule has 1 N–H and O–H groups in total. The molecule has 0 aromatic heterocycles. The number of hydrogen-bond acceptors (Lipinski definition) is 5. The van der Waals surface area contributed by atoms with Gasteiger partial charge in [0.05, 0.1) is 7.11 Å². The van der Waals surface area contributed by atoms with E-state index in [0.29, 0.717) is 18.7 Å². The van der Waals surface area contributed by atoms with E-state index in [1.807, 2.05) is 24.3 Å². The molecular formula is C31H30FNO4. The van der Waals surface area contributed by atoms with Crippen molar-refractivity contribution in [2.75, 3.05) is 20.3 Å². The summed E-state index contributed by atoms with van der Waals surface area (Å²) in [6.07, 6.45) is 0.562. The summed E-state index contributed by atoms with van der Waals surface area (Å²) in [6.45, 7) is 2.52. The van der Waals surface area contributed by atoms with Gasteiger partial charge < -0.3 is 19.5 Å². The SMILES string of the molecule is COC(=O)COc1cc(F)cc([C@H]2C[C@H](CN[C@H](C)c3cccc4ccccc34)Oc3ccccc32)c1. The fourth-order valence-corrected chi connectivity index (χ4v) is 5.05. The molecule has 0 amide bonds. The number of methoxy groups -OCH3 is 1. The molecule has 0 bridgehead atoms. The maximum absolute atomic E-state index is 14.6. The lowest BCUT2D eigenvalue weighted by molar-refractivity contribution is -0.142. The molecule has 0 fully saturated rings. The quantitative estimate of drug-likeness (QED) is 0.294. The first-order valence-electron chi connectivity index (χ1n) is 12.5. The Hall–Kier alpha value is -3.90. The number of rotatable bonds is 8. The van der Waals surface area contributed by atoms with Crippen molar-refractivity contribution in [3.8, 4) is 11.5 Å². The first kappa shape index (κ1) is 24.8. The van der Waals surface area contributed by atoms with Crippen LogP contribution in [-0.2, 0) is 9.53 Å². The summed E-state index contributed by atoms with van der Waals surface area (Å²) in [6, 6.07) is 27.4. The summed E-state index contributed by atoms with van der Waals surface area (Å²) >= 11 is 0. The Morgan fingerprint density at radius 2 is 1.84 bits per heavy atom. The highest BCUT2D eigenvalue weighted by Crippen LogP contribution is 2.41. The van der Waals surface area contributed by atoms with Crippen molar-refractivity contribution in [1.29, 1.82) is 0 Å². The smallest absolute Gasteiger partial charge is 0.343 e. The molecule has 0 saturated heterocycles. The molecule has 4 aromatic carbocycles. The maximum atomic E-state index is 14.6. The van der Waals surface area contributed by atoms with Crippen molar-refractivity contribution in [3.63, 3.8) is 0 Å². The second-order valence-electron chi connectivity index (χ2n) is 9.35. The van der Waals surface area contributed by atoms with Gasteiger partial charge in [0.2, 0.25) is 0 Å². The normalized spacial score (nSPS) is 17.5. The number of hydrogen-bond donors (Lipinski definition) is 1. The molecule has 1 aliphatic heterocycles. The zero-order chi connectivity index (χ0) is 25.8. The molecule has 0 unspecified atom stereocenters. The van der Waals surface area contributed by atoms with Gasteiger partial charge in [-0.2, -0.15) is 0 Å². The molecule has 3 atom stereocenters. The Morgan fingerprint density at radius 3 is 2.70 bits per heavy atom. The lowest BCUT2D eigenvalue weighted by Gasteiger charge is -2.33. The van der Waals surface area contributed by atoms with E-state index in [4.69, 9.17) is 9.47 Å². The van der Waals surface area contributed by atoms with E-state index in [2.05, 4.69) is 59.4 Å². The monoisotopic (exact) mass is 499 g/mol. The first-order valence-corrected chi connectivity index (χ1v) is 12.5. The van der Waals surface area contributed by atoms with Crippen LogP contribution < -0.4 is 14.8 Å². The third-order valence-electron chi connectivity index (χ3n) is 6.91. The van der Waals surface area contributed by atoms with Gasteiger partial charge in [0.25, 0.3) is 0 Å². The molecule has 6 heteroatoms. The van der Waals surface area contributed by atoms with E-state index in [0.717, 1.165) is 16.9 Å². The van der Waals surface area contributed by atoms with Crippen LogP contribution >= 0.6 is 0 Å². The molecule has 5 rings (SSSR count). The molecule has 0 aliphatic carbocycles. The number of halogens is 1. The van der Waals surface area contributed by atoms with Gasteiger partial charge in [-0.05, 0) is 53.4 Å². The Balaban J connectivity index is 1.36. The topological polar surface area (TPSA) is 56.8 Å². The van der Waals surface area contributed by atoms with Crippen molar-refractivity contribution in [2.24, 2.45) is 0 Å². The Morgan fingerprint density at radius 1 is 1.05 bits per heavy atom. The molecule has 0 saturated carbocycles.